The molecule has 0 aromatic carbocycles. The normalized spacial score (nSPS) is 30.5. The zero-order valence-corrected chi connectivity index (χ0v) is 6.84. The molecular weight excluding hydrogens is 196 g/mol. The van der Waals surface area contributed by atoms with Crippen molar-refractivity contribution in [2.45, 2.75) is 10.7 Å². The van der Waals surface area contributed by atoms with Crippen LogP contribution in [0.15, 0.2) is 24.3 Å². The molecule has 0 amide bonds. The summed E-state index contributed by atoms with van der Waals surface area (Å²) in [7, 11) is 0. The first-order valence-electron chi connectivity index (χ1n) is 2.92. The van der Waals surface area contributed by atoms with E-state index in [0.29, 0.717) is 6.42 Å². The lowest BCUT2D eigenvalue weighted by Gasteiger charge is -2.17. The van der Waals surface area contributed by atoms with E-state index in [4.69, 9.17) is 5.11 Å². The molecule has 1 unspecified atom stereocenters. The van der Waals surface area contributed by atoms with Crippen LogP contribution < -0.4 is 0 Å². The maximum Gasteiger partial charge on any atom is 0.324 e. The van der Waals surface area contributed by atoms with Crippen LogP contribution in [-0.2, 0) is 4.79 Å². The van der Waals surface area contributed by atoms with Gasteiger partial charge in [0.15, 0.2) is 0 Å². The van der Waals surface area contributed by atoms with Gasteiger partial charge in [0, 0.05) is 0 Å². The number of alkyl halides is 1. The fraction of sp³-hybridized carbons (Fsp3) is 0.286. The highest BCUT2D eigenvalue weighted by molar-refractivity contribution is 9.10. The van der Waals surface area contributed by atoms with E-state index in [9.17, 15) is 4.79 Å². The lowest BCUT2D eigenvalue weighted by Crippen LogP contribution is -2.29. The van der Waals surface area contributed by atoms with Crippen molar-refractivity contribution < 1.29 is 9.90 Å². The van der Waals surface area contributed by atoms with E-state index in [2.05, 4.69) is 15.9 Å². The predicted octanol–water partition coefficient (Wildman–Crippen LogP) is 1.72. The van der Waals surface area contributed by atoms with Gasteiger partial charge in [0.2, 0.25) is 0 Å². The van der Waals surface area contributed by atoms with Crippen molar-refractivity contribution in [3.8, 4) is 0 Å². The molecule has 1 atom stereocenters. The van der Waals surface area contributed by atoms with Crippen LogP contribution >= 0.6 is 15.9 Å². The van der Waals surface area contributed by atoms with E-state index in [-0.39, 0.29) is 0 Å². The van der Waals surface area contributed by atoms with Crippen molar-refractivity contribution in [3.63, 3.8) is 0 Å². The summed E-state index contributed by atoms with van der Waals surface area (Å²) in [5.41, 5.74) is 0. The second-order valence-corrected chi connectivity index (χ2v) is 3.57. The second-order valence-electron chi connectivity index (χ2n) is 2.16. The van der Waals surface area contributed by atoms with Crippen LogP contribution in [0.2, 0.25) is 0 Å². The number of carbonyl (C=O) groups is 1. The third kappa shape index (κ3) is 1.29. The summed E-state index contributed by atoms with van der Waals surface area (Å²) in [5, 5.41) is 8.67. The molecule has 54 valence electrons. The van der Waals surface area contributed by atoms with Crippen molar-refractivity contribution in [1.29, 1.82) is 0 Å². The van der Waals surface area contributed by atoms with Crippen LogP contribution in [0.1, 0.15) is 6.42 Å². The first-order chi connectivity index (χ1) is 4.65. The summed E-state index contributed by atoms with van der Waals surface area (Å²) in [6.45, 7) is 0. The van der Waals surface area contributed by atoms with E-state index < -0.39 is 10.3 Å². The van der Waals surface area contributed by atoms with Gasteiger partial charge >= 0.3 is 5.97 Å². The molecule has 3 heteroatoms. The number of hydrogen-bond donors (Lipinski definition) is 1. The van der Waals surface area contributed by atoms with Gasteiger partial charge in [-0.25, -0.2) is 0 Å². The Bertz CT molecular complexity index is 208. The van der Waals surface area contributed by atoms with E-state index >= 15 is 0 Å². The molecule has 2 nitrogen and oxygen atoms in total. The Balaban J connectivity index is 2.80. The van der Waals surface area contributed by atoms with Crippen molar-refractivity contribution in [2.24, 2.45) is 0 Å². The van der Waals surface area contributed by atoms with Crippen molar-refractivity contribution in [2.75, 3.05) is 0 Å². The number of halogens is 1. The molecule has 0 fully saturated rings. The summed E-state index contributed by atoms with van der Waals surface area (Å²) in [6, 6.07) is 0. The van der Waals surface area contributed by atoms with Crippen LogP contribution in [0, 0.1) is 0 Å². The minimum Gasteiger partial charge on any atom is -0.480 e. The fourth-order valence-electron chi connectivity index (χ4n) is 0.753. The van der Waals surface area contributed by atoms with Crippen LogP contribution in [0.3, 0.4) is 0 Å². The summed E-state index contributed by atoms with van der Waals surface area (Å²) < 4.78 is -0.859. The monoisotopic (exact) mass is 202 g/mol. The minimum atomic E-state index is -0.859. The Labute approximate surface area is 67.4 Å². The largest absolute Gasteiger partial charge is 0.480 e. The van der Waals surface area contributed by atoms with Gasteiger partial charge < -0.3 is 5.11 Å². The molecule has 0 saturated heterocycles. The number of carboxylic acid groups (broad SMARTS) is 1. The van der Waals surface area contributed by atoms with Crippen LogP contribution in [-0.4, -0.2) is 15.4 Å². The van der Waals surface area contributed by atoms with Crippen LogP contribution in [0.4, 0.5) is 0 Å². The topological polar surface area (TPSA) is 37.3 Å². The second kappa shape index (κ2) is 2.58. The predicted molar refractivity (Wildman–Crippen MR) is 42.2 cm³/mol. The molecule has 0 radical (unpaired) electrons. The zero-order valence-electron chi connectivity index (χ0n) is 5.25. The Kier molecular flexibility index (Phi) is 1.94. The average molecular weight is 203 g/mol. The molecule has 1 N–H and O–H groups in total. The molecule has 1 rings (SSSR count). The molecular formula is C7H7BrO2. The Morgan fingerprint density at radius 3 is 2.60 bits per heavy atom. The summed E-state index contributed by atoms with van der Waals surface area (Å²) in [6.07, 6.45) is 7.53. The molecule has 0 aromatic rings. The van der Waals surface area contributed by atoms with Gasteiger partial charge in [-0.3, -0.25) is 4.79 Å². The molecule has 0 bridgehead atoms. The standard InChI is InChI=1S/C7H7BrO2/c8-7(6(9)10)4-2-1-3-5-7/h1-4H,5H2,(H,9,10). The average Bonchev–Trinajstić information content (AvgIpc) is 1.89. The Morgan fingerprint density at radius 1 is 1.60 bits per heavy atom. The molecule has 0 spiro atoms. The number of hydrogen-bond acceptors (Lipinski definition) is 1. The van der Waals surface area contributed by atoms with Gasteiger partial charge in [-0.1, -0.05) is 40.2 Å². The lowest BCUT2D eigenvalue weighted by molar-refractivity contribution is -0.138. The van der Waals surface area contributed by atoms with Gasteiger partial charge in [0.1, 0.15) is 4.32 Å². The Morgan fingerprint density at radius 2 is 2.30 bits per heavy atom. The molecule has 1 aliphatic carbocycles. The summed E-state index contributed by atoms with van der Waals surface area (Å²) >= 11 is 3.12. The number of rotatable bonds is 1. The number of aliphatic carboxylic acids is 1. The highest BCUT2D eigenvalue weighted by atomic mass is 79.9. The van der Waals surface area contributed by atoms with Crippen LogP contribution in [0.5, 0.6) is 0 Å². The fourth-order valence-corrected chi connectivity index (χ4v) is 1.09. The maximum atomic E-state index is 10.5. The molecule has 0 saturated carbocycles. The minimum absolute atomic E-state index is 0.513. The Hall–Kier alpha value is -0.570. The summed E-state index contributed by atoms with van der Waals surface area (Å²) in [5.74, 6) is -0.840. The molecule has 0 aromatic heterocycles. The van der Waals surface area contributed by atoms with Crippen molar-refractivity contribution in [3.05, 3.63) is 24.3 Å². The smallest absolute Gasteiger partial charge is 0.324 e. The zero-order chi connectivity index (χ0) is 7.61. The van der Waals surface area contributed by atoms with Crippen LogP contribution in [0.25, 0.3) is 0 Å². The van der Waals surface area contributed by atoms with Gasteiger partial charge in [0.05, 0.1) is 0 Å². The van der Waals surface area contributed by atoms with Gasteiger partial charge in [-0.05, 0) is 6.42 Å². The van der Waals surface area contributed by atoms with E-state index in [0.717, 1.165) is 0 Å². The maximum absolute atomic E-state index is 10.5. The van der Waals surface area contributed by atoms with Crippen molar-refractivity contribution in [1.82, 2.24) is 0 Å². The molecule has 10 heavy (non-hydrogen) atoms. The molecule has 0 heterocycles. The third-order valence-corrected chi connectivity index (χ3v) is 2.31. The molecule has 1 aliphatic rings. The van der Waals surface area contributed by atoms with Gasteiger partial charge in [-0.15, -0.1) is 0 Å². The van der Waals surface area contributed by atoms with Gasteiger partial charge in [0.25, 0.3) is 0 Å². The highest BCUT2D eigenvalue weighted by Gasteiger charge is 2.31. The number of allylic oxidation sites excluding steroid dienone is 3. The first-order valence-corrected chi connectivity index (χ1v) is 3.71. The first kappa shape index (κ1) is 7.54. The number of carboxylic acids is 1. The highest BCUT2D eigenvalue weighted by Crippen LogP contribution is 2.27. The van der Waals surface area contributed by atoms with Crippen molar-refractivity contribution >= 4 is 21.9 Å². The quantitative estimate of drug-likeness (QED) is 0.658. The lowest BCUT2D eigenvalue weighted by atomic mass is 10.0. The van der Waals surface area contributed by atoms with E-state index in [1.54, 1.807) is 12.2 Å². The summed E-state index contributed by atoms with van der Waals surface area (Å²) in [4.78, 5) is 10.5. The SMILES string of the molecule is O=C(O)C1(Br)C=CC=CC1. The third-order valence-electron chi connectivity index (χ3n) is 1.38. The van der Waals surface area contributed by atoms with E-state index in [1.807, 2.05) is 12.2 Å². The van der Waals surface area contributed by atoms with Gasteiger partial charge in [-0.2, -0.15) is 0 Å². The molecule has 0 aliphatic heterocycles. The van der Waals surface area contributed by atoms with E-state index in [1.165, 1.54) is 0 Å².